The summed E-state index contributed by atoms with van der Waals surface area (Å²) in [4.78, 5) is 29.4. The summed E-state index contributed by atoms with van der Waals surface area (Å²) in [5.74, 6) is 1.45. The third kappa shape index (κ3) is 3.79. The summed E-state index contributed by atoms with van der Waals surface area (Å²) >= 11 is 0. The SMILES string of the molecule is COC(=O)c1ccc(CN(Cc2ncc[nH]2)Cc2ncc[nH]2)c2ccccc12. The quantitative estimate of drug-likeness (QED) is 0.484. The second kappa shape index (κ2) is 8.06. The first kappa shape index (κ1) is 17.9. The van der Waals surface area contributed by atoms with Crippen molar-refractivity contribution in [2.75, 3.05) is 7.11 Å². The van der Waals surface area contributed by atoms with Crippen molar-refractivity contribution in [2.45, 2.75) is 19.6 Å². The van der Waals surface area contributed by atoms with Gasteiger partial charge in [0.1, 0.15) is 11.6 Å². The summed E-state index contributed by atoms with van der Waals surface area (Å²) in [7, 11) is 1.40. The zero-order valence-corrected chi connectivity index (χ0v) is 15.6. The maximum Gasteiger partial charge on any atom is 0.338 e. The standard InChI is InChI=1S/C21H21N5O2/c1-28-21(27)18-7-6-15(16-4-2-3-5-17(16)18)12-26(13-19-22-8-9-23-19)14-20-24-10-11-25-20/h2-11H,12-14H2,1H3,(H,22,23)(H,24,25). The van der Waals surface area contributed by atoms with Gasteiger partial charge in [-0.3, -0.25) is 4.90 Å². The topological polar surface area (TPSA) is 86.9 Å². The first-order valence-electron chi connectivity index (χ1n) is 9.02. The molecule has 0 aliphatic carbocycles. The highest BCUT2D eigenvalue weighted by Crippen LogP contribution is 2.25. The zero-order chi connectivity index (χ0) is 19.3. The van der Waals surface area contributed by atoms with Gasteiger partial charge in [-0.25, -0.2) is 14.8 Å². The molecular formula is C21H21N5O2. The van der Waals surface area contributed by atoms with Gasteiger partial charge in [-0.15, -0.1) is 0 Å². The minimum absolute atomic E-state index is 0.328. The van der Waals surface area contributed by atoms with E-state index < -0.39 is 0 Å². The van der Waals surface area contributed by atoms with Crippen molar-refractivity contribution in [3.8, 4) is 0 Å². The number of carbonyl (C=O) groups excluding carboxylic acids is 1. The Morgan fingerprint density at radius 2 is 1.57 bits per heavy atom. The molecule has 4 aromatic rings. The number of hydrogen-bond acceptors (Lipinski definition) is 5. The predicted octanol–water partition coefficient (Wildman–Crippen LogP) is 3.28. The van der Waals surface area contributed by atoms with E-state index in [9.17, 15) is 4.79 Å². The van der Waals surface area contributed by atoms with E-state index in [4.69, 9.17) is 4.74 Å². The fourth-order valence-electron chi connectivity index (χ4n) is 3.39. The molecule has 4 rings (SSSR count). The normalized spacial score (nSPS) is 11.2. The number of ether oxygens (including phenoxy) is 1. The smallest absolute Gasteiger partial charge is 0.338 e. The van der Waals surface area contributed by atoms with Crippen LogP contribution in [-0.2, 0) is 24.4 Å². The van der Waals surface area contributed by atoms with Crippen LogP contribution in [0.1, 0.15) is 27.6 Å². The lowest BCUT2D eigenvalue weighted by molar-refractivity contribution is 0.0603. The number of hydrogen-bond donors (Lipinski definition) is 2. The molecule has 0 fully saturated rings. The van der Waals surface area contributed by atoms with Crippen LogP contribution in [0, 0.1) is 0 Å². The van der Waals surface area contributed by atoms with Crippen LogP contribution in [0.15, 0.2) is 61.2 Å². The lowest BCUT2D eigenvalue weighted by Crippen LogP contribution is -2.24. The minimum atomic E-state index is -0.328. The molecule has 0 radical (unpaired) electrons. The number of methoxy groups -OCH3 is 1. The van der Waals surface area contributed by atoms with Crippen LogP contribution < -0.4 is 0 Å². The van der Waals surface area contributed by atoms with Crippen molar-refractivity contribution in [1.29, 1.82) is 0 Å². The summed E-state index contributed by atoms with van der Waals surface area (Å²) in [6, 6.07) is 11.7. The fraction of sp³-hybridized carbons (Fsp3) is 0.190. The summed E-state index contributed by atoms with van der Waals surface area (Å²) in [6.45, 7) is 1.99. The molecule has 0 aliphatic heterocycles. The zero-order valence-electron chi connectivity index (χ0n) is 15.6. The molecule has 7 heteroatoms. The Labute approximate surface area is 162 Å². The summed E-state index contributed by atoms with van der Waals surface area (Å²) in [6.07, 6.45) is 7.14. The molecule has 2 heterocycles. The number of fused-ring (bicyclic) bond motifs is 1. The van der Waals surface area contributed by atoms with Crippen LogP contribution in [0.25, 0.3) is 10.8 Å². The Kier molecular flexibility index (Phi) is 5.16. The van der Waals surface area contributed by atoms with E-state index in [0.717, 1.165) is 28.0 Å². The lowest BCUT2D eigenvalue weighted by Gasteiger charge is -2.21. The first-order chi connectivity index (χ1) is 13.7. The Balaban J connectivity index is 1.67. The van der Waals surface area contributed by atoms with Gasteiger partial charge < -0.3 is 14.7 Å². The van der Waals surface area contributed by atoms with Gasteiger partial charge in [-0.05, 0) is 22.4 Å². The molecule has 7 nitrogen and oxygen atoms in total. The van der Waals surface area contributed by atoms with Gasteiger partial charge in [0, 0.05) is 31.3 Å². The Morgan fingerprint density at radius 1 is 0.929 bits per heavy atom. The fourth-order valence-corrected chi connectivity index (χ4v) is 3.39. The first-order valence-corrected chi connectivity index (χ1v) is 9.02. The van der Waals surface area contributed by atoms with Crippen molar-refractivity contribution in [3.63, 3.8) is 0 Å². The van der Waals surface area contributed by atoms with Crippen molar-refractivity contribution < 1.29 is 9.53 Å². The van der Waals surface area contributed by atoms with Gasteiger partial charge >= 0.3 is 5.97 Å². The monoisotopic (exact) mass is 375 g/mol. The number of aromatic amines is 2. The number of carbonyl (C=O) groups is 1. The second-order valence-electron chi connectivity index (χ2n) is 6.53. The van der Waals surface area contributed by atoms with E-state index in [1.165, 1.54) is 7.11 Å². The Hall–Kier alpha value is -3.45. The molecule has 2 N–H and O–H groups in total. The molecule has 142 valence electrons. The number of nitrogens with one attached hydrogen (secondary N) is 2. The third-order valence-electron chi connectivity index (χ3n) is 4.67. The van der Waals surface area contributed by atoms with E-state index in [0.29, 0.717) is 25.2 Å². The van der Waals surface area contributed by atoms with Gasteiger partial charge in [0.2, 0.25) is 0 Å². The lowest BCUT2D eigenvalue weighted by atomic mass is 9.99. The van der Waals surface area contributed by atoms with Gasteiger partial charge in [0.05, 0.1) is 25.8 Å². The number of rotatable bonds is 7. The second-order valence-corrected chi connectivity index (χ2v) is 6.53. The molecule has 2 aromatic carbocycles. The van der Waals surface area contributed by atoms with E-state index in [-0.39, 0.29) is 5.97 Å². The molecule has 0 saturated carbocycles. The number of esters is 1. The van der Waals surface area contributed by atoms with E-state index in [2.05, 4.69) is 24.8 Å². The minimum Gasteiger partial charge on any atom is -0.465 e. The van der Waals surface area contributed by atoms with E-state index in [1.54, 1.807) is 12.4 Å². The Bertz CT molecular complexity index is 1020. The molecular weight excluding hydrogens is 354 g/mol. The van der Waals surface area contributed by atoms with Gasteiger partial charge in [-0.2, -0.15) is 0 Å². The molecule has 0 saturated heterocycles. The highest BCUT2D eigenvalue weighted by atomic mass is 16.5. The number of benzene rings is 2. The van der Waals surface area contributed by atoms with Crippen molar-refractivity contribution >= 4 is 16.7 Å². The molecule has 0 spiro atoms. The molecule has 0 bridgehead atoms. The van der Waals surface area contributed by atoms with Gasteiger partial charge in [-0.1, -0.05) is 30.3 Å². The van der Waals surface area contributed by atoms with Gasteiger partial charge in [0.15, 0.2) is 0 Å². The maximum atomic E-state index is 12.1. The average molecular weight is 375 g/mol. The van der Waals surface area contributed by atoms with Crippen LogP contribution in [-0.4, -0.2) is 37.9 Å². The summed E-state index contributed by atoms with van der Waals surface area (Å²) < 4.78 is 4.93. The molecule has 28 heavy (non-hydrogen) atoms. The molecule has 0 unspecified atom stereocenters. The van der Waals surface area contributed by atoms with Crippen LogP contribution in [0.3, 0.4) is 0 Å². The van der Waals surface area contributed by atoms with Crippen molar-refractivity contribution in [1.82, 2.24) is 24.8 Å². The molecule has 0 aliphatic rings. The average Bonchev–Trinajstić information content (AvgIpc) is 3.42. The number of H-pyrrole nitrogens is 2. The largest absolute Gasteiger partial charge is 0.465 e. The van der Waals surface area contributed by atoms with Gasteiger partial charge in [0.25, 0.3) is 0 Å². The molecule has 2 aromatic heterocycles. The Morgan fingerprint density at radius 3 is 2.14 bits per heavy atom. The number of imidazole rings is 2. The summed E-state index contributed by atoms with van der Waals surface area (Å²) in [5, 5.41) is 1.93. The van der Waals surface area contributed by atoms with Crippen LogP contribution in [0.5, 0.6) is 0 Å². The highest BCUT2D eigenvalue weighted by molar-refractivity contribution is 6.05. The van der Waals surface area contributed by atoms with Crippen molar-refractivity contribution in [2.24, 2.45) is 0 Å². The third-order valence-corrected chi connectivity index (χ3v) is 4.67. The number of nitrogens with zero attached hydrogens (tertiary/aromatic N) is 3. The maximum absolute atomic E-state index is 12.1. The number of aromatic nitrogens is 4. The van der Waals surface area contributed by atoms with E-state index >= 15 is 0 Å². The van der Waals surface area contributed by atoms with Crippen LogP contribution >= 0.6 is 0 Å². The highest BCUT2D eigenvalue weighted by Gasteiger charge is 2.16. The molecule has 0 amide bonds. The predicted molar refractivity (Wildman–Crippen MR) is 105 cm³/mol. The molecule has 0 atom stereocenters. The van der Waals surface area contributed by atoms with Crippen molar-refractivity contribution in [3.05, 3.63) is 84.0 Å². The summed E-state index contributed by atoms with van der Waals surface area (Å²) in [5.41, 5.74) is 1.70. The van der Waals surface area contributed by atoms with E-state index in [1.807, 2.05) is 48.8 Å². The van der Waals surface area contributed by atoms with Crippen LogP contribution in [0.2, 0.25) is 0 Å². The van der Waals surface area contributed by atoms with Crippen LogP contribution in [0.4, 0.5) is 0 Å².